The van der Waals surface area contributed by atoms with E-state index in [0.717, 1.165) is 34.1 Å². The first-order valence-corrected chi connectivity index (χ1v) is 9.53. The van der Waals surface area contributed by atoms with E-state index in [-0.39, 0.29) is 0 Å². The Labute approximate surface area is 167 Å². The van der Waals surface area contributed by atoms with Crippen LogP contribution in [0.3, 0.4) is 0 Å². The van der Waals surface area contributed by atoms with Gasteiger partial charge in [0.15, 0.2) is 0 Å². The summed E-state index contributed by atoms with van der Waals surface area (Å²) in [6, 6.07) is 24.6. The summed E-state index contributed by atoms with van der Waals surface area (Å²) in [6.07, 6.45) is 0. The first-order chi connectivity index (χ1) is 13.7. The predicted octanol–water partition coefficient (Wildman–Crippen LogP) is 5.89. The van der Waals surface area contributed by atoms with Crippen molar-refractivity contribution in [2.45, 2.75) is 13.8 Å². The van der Waals surface area contributed by atoms with Gasteiger partial charge in [0.05, 0.1) is 13.7 Å². The van der Waals surface area contributed by atoms with Crippen LogP contribution in [0, 0.1) is 6.92 Å². The highest BCUT2D eigenvalue weighted by molar-refractivity contribution is 5.78. The lowest BCUT2D eigenvalue weighted by Gasteiger charge is -2.27. The first-order valence-electron chi connectivity index (χ1n) is 9.53. The minimum Gasteiger partial charge on any atom is -0.497 e. The summed E-state index contributed by atoms with van der Waals surface area (Å²) in [6.45, 7) is 5.93. The fourth-order valence-electron chi connectivity index (χ4n) is 3.07. The van der Waals surface area contributed by atoms with Gasteiger partial charge in [-0.15, -0.1) is 0 Å². The molecular formula is C24H27NO3. The molecule has 0 N–H and O–H groups in total. The molecule has 3 aromatic rings. The molecule has 0 aromatic heterocycles. The van der Waals surface area contributed by atoms with Crippen LogP contribution in [0.25, 0.3) is 0 Å². The number of hydrogen-bond acceptors (Lipinski definition) is 4. The SMILES string of the molecule is CCOCCOc1ccc(N(c2ccccc2)c2ccc(OC)cc2)c(C)c1. The average Bonchev–Trinajstić information content (AvgIpc) is 2.74. The maximum atomic E-state index is 5.81. The molecule has 3 rings (SSSR count). The van der Waals surface area contributed by atoms with Crippen LogP contribution in [0.4, 0.5) is 17.1 Å². The number of methoxy groups -OCH3 is 1. The lowest BCUT2D eigenvalue weighted by molar-refractivity contribution is 0.110. The van der Waals surface area contributed by atoms with Crippen molar-refractivity contribution in [1.29, 1.82) is 0 Å². The minimum absolute atomic E-state index is 0.549. The number of ether oxygens (including phenoxy) is 3. The molecule has 3 aromatic carbocycles. The highest BCUT2D eigenvalue weighted by Gasteiger charge is 2.15. The molecule has 28 heavy (non-hydrogen) atoms. The number of nitrogens with zero attached hydrogens (tertiary/aromatic N) is 1. The van der Waals surface area contributed by atoms with E-state index in [9.17, 15) is 0 Å². The average molecular weight is 377 g/mol. The zero-order valence-electron chi connectivity index (χ0n) is 16.7. The topological polar surface area (TPSA) is 30.9 Å². The number of benzene rings is 3. The van der Waals surface area contributed by atoms with Gasteiger partial charge in [0, 0.05) is 23.7 Å². The third kappa shape index (κ3) is 4.84. The van der Waals surface area contributed by atoms with Crippen LogP contribution < -0.4 is 14.4 Å². The molecule has 0 amide bonds. The van der Waals surface area contributed by atoms with Gasteiger partial charge >= 0.3 is 0 Å². The highest BCUT2D eigenvalue weighted by Crippen LogP contribution is 2.38. The first kappa shape index (κ1) is 19.8. The second-order valence-corrected chi connectivity index (χ2v) is 6.36. The van der Waals surface area contributed by atoms with Gasteiger partial charge < -0.3 is 19.1 Å². The molecule has 0 heterocycles. The van der Waals surface area contributed by atoms with Crippen LogP contribution >= 0.6 is 0 Å². The quantitative estimate of drug-likeness (QED) is 0.435. The molecule has 0 aliphatic heterocycles. The lowest BCUT2D eigenvalue weighted by atomic mass is 10.1. The van der Waals surface area contributed by atoms with Crippen molar-refractivity contribution in [3.05, 3.63) is 78.4 Å². The van der Waals surface area contributed by atoms with Crippen molar-refractivity contribution >= 4 is 17.1 Å². The van der Waals surface area contributed by atoms with Gasteiger partial charge in [-0.1, -0.05) is 18.2 Å². The molecule has 4 nitrogen and oxygen atoms in total. The predicted molar refractivity (Wildman–Crippen MR) is 114 cm³/mol. The van der Waals surface area contributed by atoms with Crippen molar-refractivity contribution in [3.8, 4) is 11.5 Å². The van der Waals surface area contributed by atoms with E-state index < -0.39 is 0 Å². The van der Waals surface area contributed by atoms with Gasteiger partial charge in [0.2, 0.25) is 0 Å². The largest absolute Gasteiger partial charge is 0.497 e. The summed E-state index contributed by atoms with van der Waals surface area (Å²) >= 11 is 0. The lowest BCUT2D eigenvalue weighted by Crippen LogP contribution is -2.11. The van der Waals surface area contributed by atoms with E-state index >= 15 is 0 Å². The Balaban J connectivity index is 1.91. The van der Waals surface area contributed by atoms with Crippen LogP contribution in [-0.4, -0.2) is 26.9 Å². The van der Waals surface area contributed by atoms with Crippen molar-refractivity contribution in [3.63, 3.8) is 0 Å². The van der Waals surface area contributed by atoms with Gasteiger partial charge in [-0.2, -0.15) is 0 Å². The Hall–Kier alpha value is -2.98. The molecular weight excluding hydrogens is 350 g/mol. The van der Waals surface area contributed by atoms with Gasteiger partial charge in [0.25, 0.3) is 0 Å². The third-order valence-electron chi connectivity index (χ3n) is 4.45. The number of anilines is 3. The maximum absolute atomic E-state index is 5.81. The normalized spacial score (nSPS) is 10.5. The Morgan fingerprint density at radius 3 is 2.11 bits per heavy atom. The minimum atomic E-state index is 0.549. The summed E-state index contributed by atoms with van der Waals surface area (Å²) in [5.41, 5.74) is 4.41. The maximum Gasteiger partial charge on any atom is 0.119 e. The van der Waals surface area contributed by atoms with E-state index in [1.807, 2.05) is 43.3 Å². The number of para-hydroxylation sites is 1. The fourth-order valence-corrected chi connectivity index (χ4v) is 3.07. The second-order valence-electron chi connectivity index (χ2n) is 6.36. The van der Waals surface area contributed by atoms with E-state index in [0.29, 0.717) is 19.8 Å². The molecule has 0 radical (unpaired) electrons. The van der Waals surface area contributed by atoms with Crippen LogP contribution in [0.1, 0.15) is 12.5 Å². The summed E-state index contributed by atoms with van der Waals surface area (Å²) in [5.74, 6) is 1.69. The molecule has 0 spiro atoms. The van der Waals surface area contributed by atoms with Gasteiger partial charge in [-0.05, 0) is 74.0 Å². The summed E-state index contributed by atoms with van der Waals surface area (Å²) < 4.78 is 16.5. The van der Waals surface area contributed by atoms with Crippen LogP contribution in [0.15, 0.2) is 72.8 Å². The standard InChI is InChI=1S/C24H27NO3/c1-4-27-16-17-28-23-14-15-24(19(2)18-23)25(20-8-6-5-7-9-20)21-10-12-22(26-3)13-11-21/h5-15,18H,4,16-17H2,1-3H3. The van der Waals surface area contributed by atoms with E-state index in [1.165, 1.54) is 0 Å². The zero-order valence-corrected chi connectivity index (χ0v) is 16.7. The second kappa shape index (κ2) is 9.81. The van der Waals surface area contributed by atoms with Crippen LogP contribution in [0.2, 0.25) is 0 Å². The van der Waals surface area contributed by atoms with Crippen molar-refractivity contribution in [2.24, 2.45) is 0 Å². The number of rotatable bonds is 9. The van der Waals surface area contributed by atoms with Gasteiger partial charge in [-0.3, -0.25) is 0 Å². The molecule has 0 saturated carbocycles. The molecule has 0 fully saturated rings. The number of aryl methyl sites for hydroxylation is 1. The van der Waals surface area contributed by atoms with E-state index in [1.54, 1.807) is 7.11 Å². The monoisotopic (exact) mass is 377 g/mol. The third-order valence-corrected chi connectivity index (χ3v) is 4.45. The zero-order chi connectivity index (χ0) is 19.8. The van der Waals surface area contributed by atoms with Gasteiger partial charge in [0.1, 0.15) is 18.1 Å². The van der Waals surface area contributed by atoms with Crippen molar-refractivity contribution in [1.82, 2.24) is 0 Å². The Kier molecular flexibility index (Phi) is 6.93. The van der Waals surface area contributed by atoms with Crippen LogP contribution in [-0.2, 0) is 4.74 Å². The summed E-state index contributed by atoms with van der Waals surface area (Å²) in [5, 5.41) is 0. The molecule has 0 atom stereocenters. The Morgan fingerprint density at radius 1 is 0.786 bits per heavy atom. The van der Waals surface area contributed by atoms with Crippen molar-refractivity contribution < 1.29 is 14.2 Å². The highest BCUT2D eigenvalue weighted by atomic mass is 16.5. The summed E-state index contributed by atoms with van der Waals surface area (Å²) in [4.78, 5) is 2.23. The number of hydrogen-bond donors (Lipinski definition) is 0. The van der Waals surface area contributed by atoms with Gasteiger partial charge in [-0.25, -0.2) is 0 Å². The molecule has 0 aliphatic rings. The molecule has 0 saturated heterocycles. The summed E-state index contributed by atoms with van der Waals surface area (Å²) in [7, 11) is 1.68. The molecule has 146 valence electrons. The smallest absolute Gasteiger partial charge is 0.119 e. The molecule has 0 bridgehead atoms. The van der Waals surface area contributed by atoms with E-state index in [4.69, 9.17) is 14.2 Å². The van der Waals surface area contributed by atoms with Crippen molar-refractivity contribution in [2.75, 3.05) is 31.8 Å². The molecule has 0 unspecified atom stereocenters. The Bertz CT molecular complexity index is 863. The molecule has 0 aliphatic carbocycles. The Morgan fingerprint density at radius 2 is 1.46 bits per heavy atom. The van der Waals surface area contributed by atoms with Crippen LogP contribution in [0.5, 0.6) is 11.5 Å². The fraction of sp³-hybridized carbons (Fsp3) is 0.250. The van der Waals surface area contributed by atoms with E-state index in [2.05, 4.69) is 48.2 Å². The molecule has 4 heteroatoms.